The van der Waals surface area contributed by atoms with Crippen molar-refractivity contribution < 1.29 is 19.1 Å². The van der Waals surface area contributed by atoms with Crippen LogP contribution in [0.1, 0.15) is 27.7 Å². The highest BCUT2D eigenvalue weighted by molar-refractivity contribution is 8.00. The number of carbonyl (C=O) groups is 2. The Hall–Kier alpha value is -1.69. The summed E-state index contributed by atoms with van der Waals surface area (Å²) in [6, 6.07) is 7.39. The molecule has 0 fully saturated rings. The molecule has 1 amide bonds. The Kier molecular flexibility index (Phi) is 6.74. The molecule has 122 valence electrons. The zero-order valence-corrected chi connectivity index (χ0v) is 14.5. The highest BCUT2D eigenvalue weighted by Crippen LogP contribution is 2.21. The molecular weight excluding hydrogens is 302 g/mol. The van der Waals surface area contributed by atoms with Crippen LogP contribution in [0.3, 0.4) is 0 Å². The third kappa shape index (κ3) is 6.85. The molecule has 1 atom stereocenters. The van der Waals surface area contributed by atoms with Gasteiger partial charge in [0.2, 0.25) is 0 Å². The van der Waals surface area contributed by atoms with Crippen molar-refractivity contribution in [2.45, 2.75) is 44.2 Å². The summed E-state index contributed by atoms with van der Waals surface area (Å²) >= 11 is 1.35. The molecular formula is C16H23NO4S. The van der Waals surface area contributed by atoms with Crippen LogP contribution in [0.4, 0.5) is 0 Å². The highest BCUT2D eigenvalue weighted by atomic mass is 32.2. The van der Waals surface area contributed by atoms with Gasteiger partial charge in [0.1, 0.15) is 5.75 Å². The number of amides is 1. The molecule has 5 nitrogen and oxygen atoms in total. The van der Waals surface area contributed by atoms with Gasteiger partial charge in [0.05, 0.1) is 12.9 Å². The van der Waals surface area contributed by atoms with Gasteiger partial charge in [-0.2, -0.15) is 0 Å². The molecule has 1 aromatic carbocycles. The molecule has 0 unspecified atom stereocenters. The van der Waals surface area contributed by atoms with Crippen LogP contribution in [0.25, 0.3) is 0 Å². The smallest absolute Gasteiger partial charge is 0.317 e. The van der Waals surface area contributed by atoms with Crippen molar-refractivity contribution in [1.82, 2.24) is 5.32 Å². The summed E-state index contributed by atoms with van der Waals surface area (Å²) in [6.07, 6.45) is -0.803. The van der Waals surface area contributed by atoms with E-state index in [9.17, 15) is 9.59 Å². The minimum atomic E-state index is -0.803. The summed E-state index contributed by atoms with van der Waals surface area (Å²) in [5.41, 5.74) is -0.352. The lowest BCUT2D eigenvalue weighted by atomic mass is 10.1. The Labute approximate surface area is 135 Å². The summed E-state index contributed by atoms with van der Waals surface area (Å²) in [4.78, 5) is 24.5. The Morgan fingerprint density at radius 1 is 1.23 bits per heavy atom. The molecule has 1 rings (SSSR count). The highest BCUT2D eigenvalue weighted by Gasteiger charge is 2.22. The minimum Gasteiger partial charge on any atom is -0.497 e. The van der Waals surface area contributed by atoms with Crippen molar-refractivity contribution in [1.29, 1.82) is 0 Å². The van der Waals surface area contributed by atoms with E-state index in [1.807, 2.05) is 45.0 Å². The van der Waals surface area contributed by atoms with Gasteiger partial charge in [-0.25, -0.2) is 0 Å². The Balaban J connectivity index is 2.40. The predicted molar refractivity (Wildman–Crippen MR) is 87.2 cm³/mol. The second-order valence-corrected chi connectivity index (χ2v) is 6.88. The molecule has 6 heteroatoms. The molecule has 0 aliphatic carbocycles. The van der Waals surface area contributed by atoms with Crippen molar-refractivity contribution in [3.63, 3.8) is 0 Å². The Morgan fingerprint density at radius 3 is 2.32 bits per heavy atom. The number of nitrogens with one attached hydrogen (secondary N) is 1. The van der Waals surface area contributed by atoms with Crippen LogP contribution in [0.15, 0.2) is 29.2 Å². The van der Waals surface area contributed by atoms with Gasteiger partial charge in [-0.15, -0.1) is 11.8 Å². The number of benzene rings is 1. The lowest BCUT2D eigenvalue weighted by Crippen LogP contribution is -2.46. The van der Waals surface area contributed by atoms with E-state index in [1.165, 1.54) is 11.8 Å². The average molecular weight is 325 g/mol. The Bertz CT molecular complexity index is 508. The summed E-state index contributed by atoms with van der Waals surface area (Å²) in [7, 11) is 1.60. The van der Waals surface area contributed by atoms with Crippen molar-refractivity contribution in [3.8, 4) is 5.75 Å². The van der Waals surface area contributed by atoms with Crippen LogP contribution in [-0.4, -0.2) is 36.4 Å². The van der Waals surface area contributed by atoms with Crippen LogP contribution in [0.5, 0.6) is 5.75 Å². The molecule has 0 aliphatic heterocycles. The number of ether oxygens (including phenoxy) is 2. The first-order chi connectivity index (χ1) is 10.2. The van der Waals surface area contributed by atoms with E-state index < -0.39 is 12.1 Å². The first kappa shape index (κ1) is 18.4. The SMILES string of the molecule is COc1ccc(SCC(=O)O[C@H](C)C(=O)NC(C)(C)C)cc1. The van der Waals surface area contributed by atoms with Gasteiger partial charge in [0.25, 0.3) is 5.91 Å². The van der Waals surface area contributed by atoms with Crippen LogP contribution in [0, 0.1) is 0 Å². The third-order valence-corrected chi connectivity index (χ3v) is 3.58. The fraction of sp³-hybridized carbons (Fsp3) is 0.500. The third-order valence-electron chi connectivity index (χ3n) is 2.59. The number of thioether (sulfide) groups is 1. The summed E-state index contributed by atoms with van der Waals surface area (Å²) in [6.45, 7) is 7.19. The Morgan fingerprint density at radius 2 is 1.82 bits per heavy atom. The van der Waals surface area contributed by atoms with E-state index in [4.69, 9.17) is 9.47 Å². The predicted octanol–water partition coefficient (Wildman–Crippen LogP) is 2.63. The maximum Gasteiger partial charge on any atom is 0.317 e. The van der Waals surface area contributed by atoms with Gasteiger partial charge >= 0.3 is 5.97 Å². The van der Waals surface area contributed by atoms with Crippen LogP contribution in [-0.2, 0) is 14.3 Å². The molecule has 0 spiro atoms. The number of carbonyl (C=O) groups excluding carboxylic acids is 2. The fourth-order valence-corrected chi connectivity index (χ4v) is 2.25. The van der Waals surface area contributed by atoms with Crippen LogP contribution < -0.4 is 10.1 Å². The zero-order chi connectivity index (χ0) is 16.8. The largest absolute Gasteiger partial charge is 0.497 e. The van der Waals surface area contributed by atoms with Crippen molar-refractivity contribution >= 4 is 23.6 Å². The molecule has 0 aliphatic rings. The monoisotopic (exact) mass is 325 g/mol. The van der Waals surface area contributed by atoms with E-state index in [1.54, 1.807) is 14.0 Å². The van der Waals surface area contributed by atoms with E-state index >= 15 is 0 Å². The van der Waals surface area contributed by atoms with E-state index in [2.05, 4.69) is 5.32 Å². The first-order valence-corrected chi connectivity index (χ1v) is 7.98. The summed E-state index contributed by atoms with van der Waals surface area (Å²) < 4.78 is 10.2. The summed E-state index contributed by atoms with van der Waals surface area (Å²) in [5, 5.41) is 2.77. The topological polar surface area (TPSA) is 64.6 Å². The van der Waals surface area contributed by atoms with E-state index in [0.717, 1.165) is 10.6 Å². The molecule has 0 saturated heterocycles. The number of rotatable bonds is 6. The van der Waals surface area contributed by atoms with Crippen molar-refractivity contribution in [2.75, 3.05) is 12.9 Å². The van der Waals surface area contributed by atoms with Crippen LogP contribution >= 0.6 is 11.8 Å². The van der Waals surface area contributed by atoms with Gasteiger partial charge in [-0.3, -0.25) is 9.59 Å². The molecule has 1 aromatic rings. The summed E-state index contributed by atoms with van der Waals surface area (Å²) in [5.74, 6) is 0.200. The molecule has 0 radical (unpaired) electrons. The van der Waals surface area contributed by atoms with Crippen molar-refractivity contribution in [3.05, 3.63) is 24.3 Å². The van der Waals surface area contributed by atoms with Gasteiger partial charge < -0.3 is 14.8 Å². The normalized spacial score (nSPS) is 12.4. The zero-order valence-electron chi connectivity index (χ0n) is 13.6. The molecule has 0 bridgehead atoms. The minimum absolute atomic E-state index is 0.152. The molecule has 1 N–H and O–H groups in total. The lowest BCUT2D eigenvalue weighted by molar-refractivity contribution is -0.152. The molecule has 0 aromatic heterocycles. The molecule has 0 saturated carbocycles. The lowest BCUT2D eigenvalue weighted by Gasteiger charge is -2.23. The van der Waals surface area contributed by atoms with E-state index in [-0.39, 0.29) is 17.2 Å². The van der Waals surface area contributed by atoms with Gasteiger partial charge in [-0.1, -0.05) is 0 Å². The molecule has 22 heavy (non-hydrogen) atoms. The average Bonchev–Trinajstić information content (AvgIpc) is 2.43. The quantitative estimate of drug-likeness (QED) is 0.643. The van der Waals surface area contributed by atoms with Gasteiger partial charge in [-0.05, 0) is 52.0 Å². The molecule has 0 heterocycles. The first-order valence-electron chi connectivity index (χ1n) is 6.99. The van der Waals surface area contributed by atoms with E-state index in [0.29, 0.717) is 0 Å². The number of methoxy groups -OCH3 is 1. The fourth-order valence-electron chi connectivity index (χ4n) is 1.57. The maximum absolute atomic E-state index is 11.8. The number of hydrogen-bond donors (Lipinski definition) is 1. The van der Waals surface area contributed by atoms with Crippen LogP contribution in [0.2, 0.25) is 0 Å². The second-order valence-electron chi connectivity index (χ2n) is 5.84. The standard InChI is InChI=1S/C16H23NO4S/c1-11(15(19)17-16(2,3)4)21-14(18)10-22-13-8-6-12(20-5)7-9-13/h6-9,11H,10H2,1-5H3,(H,17,19)/t11-/m1/s1. The van der Waals surface area contributed by atoms with Crippen molar-refractivity contribution in [2.24, 2.45) is 0 Å². The number of hydrogen-bond acceptors (Lipinski definition) is 5. The number of esters is 1. The second kappa shape index (κ2) is 8.08. The maximum atomic E-state index is 11.8. The van der Waals surface area contributed by atoms with Gasteiger partial charge in [0, 0.05) is 10.4 Å². The van der Waals surface area contributed by atoms with Gasteiger partial charge in [0.15, 0.2) is 6.10 Å².